The van der Waals surface area contributed by atoms with Crippen LogP contribution in [0.1, 0.15) is 18.9 Å². The lowest BCUT2D eigenvalue weighted by atomic mass is 9.95. The van der Waals surface area contributed by atoms with Crippen LogP contribution in [0, 0.1) is 0 Å². The molecule has 4 heteroatoms. The zero-order valence-corrected chi connectivity index (χ0v) is 9.34. The first-order valence-electron chi connectivity index (χ1n) is 5.24. The molecule has 3 rings (SSSR count). The van der Waals surface area contributed by atoms with E-state index in [-0.39, 0.29) is 5.60 Å². The SMILES string of the molecule is C[C@H]1C[C@@]2(CN1)Cc1cc(Cl)ncc1O2. The molecular weight excluding hydrogens is 212 g/mol. The van der Waals surface area contributed by atoms with Crippen molar-refractivity contribution in [1.82, 2.24) is 10.3 Å². The molecule has 3 heterocycles. The minimum Gasteiger partial charge on any atom is -0.484 e. The number of ether oxygens (including phenoxy) is 1. The molecule has 0 aromatic carbocycles. The van der Waals surface area contributed by atoms with Gasteiger partial charge in [0.1, 0.15) is 16.5 Å². The molecule has 0 aliphatic carbocycles. The Kier molecular flexibility index (Phi) is 1.94. The standard InChI is InChI=1S/C11H13ClN2O/c1-7-3-11(6-14-7)4-8-2-10(12)13-5-9(8)15-11/h2,5,7,14H,3-4,6H2,1H3/t7-,11-/m0/s1. The fourth-order valence-corrected chi connectivity index (χ4v) is 2.76. The highest BCUT2D eigenvalue weighted by atomic mass is 35.5. The summed E-state index contributed by atoms with van der Waals surface area (Å²) in [4.78, 5) is 4.04. The van der Waals surface area contributed by atoms with E-state index < -0.39 is 0 Å². The van der Waals surface area contributed by atoms with Gasteiger partial charge in [0.15, 0.2) is 0 Å². The maximum Gasteiger partial charge on any atom is 0.141 e. The smallest absolute Gasteiger partial charge is 0.141 e. The molecule has 15 heavy (non-hydrogen) atoms. The number of nitrogens with zero attached hydrogens (tertiary/aromatic N) is 1. The second-order valence-electron chi connectivity index (χ2n) is 4.56. The van der Waals surface area contributed by atoms with Gasteiger partial charge >= 0.3 is 0 Å². The summed E-state index contributed by atoms with van der Waals surface area (Å²) < 4.78 is 6.00. The number of hydrogen-bond donors (Lipinski definition) is 1. The predicted molar refractivity (Wildman–Crippen MR) is 58.4 cm³/mol. The topological polar surface area (TPSA) is 34.2 Å². The molecule has 0 unspecified atom stereocenters. The lowest BCUT2D eigenvalue weighted by molar-refractivity contribution is 0.115. The van der Waals surface area contributed by atoms with Gasteiger partial charge in [-0.1, -0.05) is 11.6 Å². The summed E-state index contributed by atoms with van der Waals surface area (Å²) in [7, 11) is 0. The van der Waals surface area contributed by atoms with E-state index in [9.17, 15) is 0 Å². The van der Waals surface area contributed by atoms with Crippen molar-refractivity contribution in [2.24, 2.45) is 0 Å². The molecular formula is C11H13ClN2O. The summed E-state index contributed by atoms with van der Waals surface area (Å²) in [6.07, 6.45) is 3.73. The normalized spacial score (nSPS) is 33.1. The van der Waals surface area contributed by atoms with E-state index in [1.54, 1.807) is 6.20 Å². The maximum atomic E-state index is 6.00. The summed E-state index contributed by atoms with van der Waals surface area (Å²) in [6, 6.07) is 2.44. The Hall–Kier alpha value is -0.800. The number of hydrogen-bond acceptors (Lipinski definition) is 3. The van der Waals surface area contributed by atoms with Gasteiger partial charge < -0.3 is 10.1 Å². The van der Waals surface area contributed by atoms with Crippen LogP contribution < -0.4 is 10.1 Å². The number of rotatable bonds is 0. The minimum absolute atomic E-state index is 0.0475. The fraction of sp³-hybridized carbons (Fsp3) is 0.545. The molecule has 1 aromatic rings. The molecule has 2 atom stereocenters. The third-order valence-corrected chi connectivity index (χ3v) is 3.41. The molecule has 3 nitrogen and oxygen atoms in total. The van der Waals surface area contributed by atoms with Crippen LogP contribution >= 0.6 is 11.6 Å². The van der Waals surface area contributed by atoms with Gasteiger partial charge in [0.05, 0.1) is 6.20 Å². The Balaban J connectivity index is 1.92. The molecule has 1 spiro atoms. The monoisotopic (exact) mass is 224 g/mol. The quantitative estimate of drug-likeness (QED) is 0.683. The van der Waals surface area contributed by atoms with Crippen molar-refractivity contribution in [2.45, 2.75) is 31.4 Å². The number of pyridine rings is 1. The van der Waals surface area contributed by atoms with E-state index >= 15 is 0 Å². The van der Waals surface area contributed by atoms with Crippen molar-refractivity contribution in [3.8, 4) is 5.75 Å². The molecule has 1 fully saturated rings. The first kappa shape index (κ1) is 9.43. The van der Waals surface area contributed by atoms with Crippen LogP contribution in [0.2, 0.25) is 5.15 Å². The largest absolute Gasteiger partial charge is 0.484 e. The molecule has 0 bridgehead atoms. The average Bonchev–Trinajstić information content (AvgIpc) is 2.69. The first-order chi connectivity index (χ1) is 7.17. The summed E-state index contributed by atoms with van der Waals surface area (Å²) in [5.41, 5.74) is 1.14. The Labute approximate surface area is 93.8 Å². The number of nitrogens with one attached hydrogen (secondary N) is 1. The van der Waals surface area contributed by atoms with Crippen molar-refractivity contribution >= 4 is 11.6 Å². The van der Waals surface area contributed by atoms with Crippen LogP contribution in [0.5, 0.6) is 5.75 Å². The zero-order chi connectivity index (χ0) is 10.5. The van der Waals surface area contributed by atoms with Crippen molar-refractivity contribution in [3.63, 3.8) is 0 Å². The highest BCUT2D eigenvalue weighted by Gasteiger charge is 2.44. The second-order valence-corrected chi connectivity index (χ2v) is 4.95. The van der Waals surface area contributed by atoms with E-state index in [1.165, 1.54) is 5.56 Å². The minimum atomic E-state index is -0.0475. The maximum absolute atomic E-state index is 6.00. The molecule has 1 N–H and O–H groups in total. The molecule has 80 valence electrons. The van der Waals surface area contributed by atoms with E-state index in [1.807, 2.05) is 6.07 Å². The number of aromatic nitrogens is 1. The van der Waals surface area contributed by atoms with E-state index in [4.69, 9.17) is 16.3 Å². The Morgan fingerprint density at radius 3 is 3.27 bits per heavy atom. The molecule has 2 aliphatic heterocycles. The van der Waals surface area contributed by atoms with Gasteiger partial charge in [0.25, 0.3) is 0 Å². The van der Waals surface area contributed by atoms with Crippen LogP contribution in [0.4, 0.5) is 0 Å². The second kappa shape index (κ2) is 3.09. The molecule has 0 amide bonds. The Morgan fingerprint density at radius 2 is 2.53 bits per heavy atom. The van der Waals surface area contributed by atoms with Crippen LogP contribution in [0.3, 0.4) is 0 Å². The molecule has 1 saturated heterocycles. The molecule has 1 aromatic heterocycles. The van der Waals surface area contributed by atoms with Gasteiger partial charge in [-0.15, -0.1) is 0 Å². The summed E-state index contributed by atoms with van der Waals surface area (Å²) in [5.74, 6) is 0.898. The fourth-order valence-electron chi connectivity index (χ4n) is 2.58. The van der Waals surface area contributed by atoms with Crippen LogP contribution in [-0.2, 0) is 6.42 Å². The van der Waals surface area contributed by atoms with Crippen LogP contribution in [0.15, 0.2) is 12.3 Å². The predicted octanol–water partition coefficient (Wildman–Crippen LogP) is 1.79. The lowest BCUT2D eigenvalue weighted by Crippen LogP contribution is -2.36. The van der Waals surface area contributed by atoms with Crippen LogP contribution in [0.25, 0.3) is 0 Å². The Morgan fingerprint density at radius 1 is 1.67 bits per heavy atom. The van der Waals surface area contributed by atoms with Gasteiger partial charge in [-0.05, 0) is 13.0 Å². The average molecular weight is 225 g/mol. The third kappa shape index (κ3) is 1.50. The van der Waals surface area contributed by atoms with Gasteiger partial charge in [-0.2, -0.15) is 0 Å². The molecule has 0 radical (unpaired) electrons. The van der Waals surface area contributed by atoms with Crippen LogP contribution in [-0.4, -0.2) is 23.2 Å². The van der Waals surface area contributed by atoms with Gasteiger partial charge in [0, 0.05) is 31.0 Å². The van der Waals surface area contributed by atoms with Gasteiger partial charge in [0.2, 0.25) is 0 Å². The Bertz CT molecular complexity index is 410. The zero-order valence-electron chi connectivity index (χ0n) is 8.59. The first-order valence-corrected chi connectivity index (χ1v) is 5.62. The molecule has 2 aliphatic rings. The van der Waals surface area contributed by atoms with Gasteiger partial charge in [-0.3, -0.25) is 0 Å². The van der Waals surface area contributed by atoms with Crippen molar-refractivity contribution < 1.29 is 4.74 Å². The van der Waals surface area contributed by atoms with Gasteiger partial charge in [-0.25, -0.2) is 4.98 Å². The summed E-state index contributed by atoms with van der Waals surface area (Å²) in [6.45, 7) is 3.10. The highest BCUT2D eigenvalue weighted by molar-refractivity contribution is 6.29. The number of fused-ring (bicyclic) bond motifs is 1. The van der Waals surface area contributed by atoms with E-state index in [0.29, 0.717) is 11.2 Å². The summed E-state index contributed by atoms with van der Waals surface area (Å²) in [5, 5.41) is 3.97. The third-order valence-electron chi connectivity index (χ3n) is 3.20. The van der Waals surface area contributed by atoms with Crippen molar-refractivity contribution in [2.75, 3.05) is 6.54 Å². The summed E-state index contributed by atoms with van der Waals surface area (Å²) >= 11 is 5.86. The van der Waals surface area contributed by atoms with Crippen molar-refractivity contribution in [1.29, 1.82) is 0 Å². The van der Waals surface area contributed by atoms with E-state index in [2.05, 4.69) is 17.2 Å². The van der Waals surface area contributed by atoms with E-state index in [0.717, 1.165) is 25.1 Å². The van der Waals surface area contributed by atoms with Crippen molar-refractivity contribution in [3.05, 3.63) is 23.0 Å². The lowest BCUT2D eigenvalue weighted by Gasteiger charge is -2.21. The highest BCUT2D eigenvalue weighted by Crippen LogP contribution is 2.39. The number of halogens is 1. The molecule has 0 saturated carbocycles.